The van der Waals surface area contributed by atoms with Crippen LogP contribution in [0.25, 0.3) is 0 Å². The average molecular weight is 373 g/mol. The predicted molar refractivity (Wildman–Crippen MR) is 78.9 cm³/mol. The molecule has 1 fully saturated rings. The Bertz CT molecular complexity index is 537. The molecule has 0 N–H and O–H groups in total. The van der Waals surface area contributed by atoms with Gasteiger partial charge in [0.15, 0.2) is 0 Å². The molecule has 0 aliphatic heterocycles. The fraction of sp³-hybridized carbons (Fsp3) is 0.636. The summed E-state index contributed by atoms with van der Waals surface area (Å²) in [7, 11) is -1.73. The molecular formula is C11H15BrClNO2S2. The second-order valence-electron chi connectivity index (χ2n) is 4.69. The van der Waals surface area contributed by atoms with Crippen molar-refractivity contribution in [3.8, 4) is 0 Å². The third kappa shape index (κ3) is 2.93. The van der Waals surface area contributed by atoms with Gasteiger partial charge in [0.25, 0.3) is 0 Å². The molecule has 18 heavy (non-hydrogen) atoms. The fourth-order valence-electron chi connectivity index (χ4n) is 2.12. The summed E-state index contributed by atoms with van der Waals surface area (Å²) in [6.07, 6.45) is 1.82. The van der Waals surface area contributed by atoms with Crippen molar-refractivity contribution in [1.29, 1.82) is 0 Å². The average Bonchev–Trinajstić information content (AvgIpc) is 2.56. The van der Waals surface area contributed by atoms with Gasteiger partial charge in [-0.15, -0.1) is 22.9 Å². The van der Waals surface area contributed by atoms with E-state index in [1.54, 1.807) is 13.1 Å². The van der Waals surface area contributed by atoms with E-state index in [-0.39, 0.29) is 5.38 Å². The summed E-state index contributed by atoms with van der Waals surface area (Å²) in [6.45, 7) is 2.38. The summed E-state index contributed by atoms with van der Waals surface area (Å²) >= 11 is 10.7. The number of aryl methyl sites for hydroxylation is 1. The molecule has 1 aromatic heterocycles. The van der Waals surface area contributed by atoms with E-state index in [4.69, 9.17) is 11.6 Å². The molecule has 0 bridgehead atoms. The Morgan fingerprint density at radius 1 is 1.56 bits per heavy atom. The molecule has 1 heterocycles. The Morgan fingerprint density at radius 3 is 2.61 bits per heavy atom. The Balaban J connectivity index is 2.13. The SMILES string of the molecule is Cc1sc(Br)cc1S(=O)(=O)N(C)CC1CC(Cl)C1. The first-order valence-corrected chi connectivity index (χ1v) is 9.15. The number of nitrogens with zero attached hydrogens (tertiary/aromatic N) is 1. The minimum absolute atomic E-state index is 0.225. The van der Waals surface area contributed by atoms with E-state index >= 15 is 0 Å². The van der Waals surface area contributed by atoms with E-state index in [2.05, 4.69) is 15.9 Å². The van der Waals surface area contributed by atoms with Gasteiger partial charge in [-0.3, -0.25) is 0 Å². The lowest BCUT2D eigenvalue weighted by Crippen LogP contribution is -2.37. The molecule has 0 amide bonds. The Kier molecular flexibility index (Phi) is 4.44. The third-order valence-electron chi connectivity index (χ3n) is 3.22. The van der Waals surface area contributed by atoms with Gasteiger partial charge in [0.1, 0.15) is 0 Å². The summed E-state index contributed by atoms with van der Waals surface area (Å²) in [5.74, 6) is 0.398. The van der Waals surface area contributed by atoms with Crippen molar-refractivity contribution >= 4 is 48.9 Å². The maximum Gasteiger partial charge on any atom is 0.243 e. The van der Waals surface area contributed by atoms with E-state index in [1.807, 2.05) is 6.92 Å². The van der Waals surface area contributed by atoms with Crippen molar-refractivity contribution in [2.75, 3.05) is 13.6 Å². The van der Waals surface area contributed by atoms with Crippen LogP contribution < -0.4 is 0 Å². The third-order valence-corrected chi connectivity index (χ3v) is 7.21. The zero-order valence-electron chi connectivity index (χ0n) is 10.2. The molecule has 0 radical (unpaired) electrons. The molecule has 102 valence electrons. The van der Waals surface area contributed by atoms with Crippen molar-refractivity contribution in [2.24, 2.45) is 5.92 Å². The van der Waals surface area contributed by atoms with Crippen LogP contribution in [-0.2, 0) is 10.0 Å². The molecule has 0 saturated heterocycles. The van der Waals surface area contributed by atoms with Gasteiger partial charge in [-0.2, -0.15) is 0 Å². The molecule has 1 aromatic rings. The quantitative estimate of drug-likeness (QED) is 0.759. The van der Waals surface area contributed by atoms with E-state index in [9.17, 15) is 8.42 Å². The molecule has 3 nitrogen and oxygen atoms in total. The standard InChI is InChI=1S/C11H15BrClNO2S2/c1-7-10(5-11(12)17-7)18(15,16)14(2)6-8-3-9(13)4-8/h5,8-9H,3-4,6H2,1-2H3. The minimum atomic E-state index is -3.37. The van der Waals surface area contributed by atoms with Crippen molar-refractivity contribution in [2.45, 2.75) is 30.0 Å². The number of sulfonamides is 1. The van der Waals surface area contributed by atoms with E-state index in [0.717, 1.165) is 21.5 Å². The molecule has 0 unspecified atom stereocenters. The van der Waals surface area contributed by atoms with Crippen LogP contribution in [0.3, 0.4) is 0 Å². The Morgan fingerprint density at radius 2 is 2.17 bits per heavy atom. The molecule has 0 aromatic carbocycles. The topological polar surface area (TPSA) is 37.4 Å². The van der Waals surface area contributed by atoms with Crippen molar-refractivity contribution in [3.63, 3.8) is 0 Å². The largest absolute Gasteiger partial charge is 0.243 e. The molecule has 7 heteroatoms. The predicted octanol–water partition coefficient (Wildman–Crippen LogP) is 3.46. The number of halogens is 2. The molecule has 1 saturated carbocycles. The monoisotopic (exact) mass is 371 g/mol. The molecule has 0 spiro atoms. The van der Waals surface area contributed by atoms with Crippen molar-refractivity contribution in [1.82, 2.24) is 4.31 Å². The number of hydrogen-bond donors (Lipinski definition) is 0. The summed E-state index contributed by atoms with van der Waals surface area (Å²) < 4.78 is 27.1. The van der Waals surface area contributed by atoms with Gasteiger partial charge in [0.05, 0.1) is 8.68 Å². The van der Waals surface area contributed by atoms with Gasteiger partial charge in [-0.05, 0) is 47.7 Å². The van der Waals surface area contributed by atoms with E-state index in [1.165, 1.54) is 15.6 Å². The normalized spacial score (nSPS) is 24.3. The van der Waals surface area contributed by atoms with Crippen LogP contribution in [0.15, 0.2) is 14.7 Å². The van der Waals surface area contributed by atoms with Crippen LogP contribution >= 0.6 is 38.9 Å². The Hall–Kier alpha value is 0.380. The lowest BCUT2D eigenvalue weighted by molar-refractivity contribution is 0.268. The second-order valence-corrected chi connectivity index (χ2v) is 9.96. The second kappa shape index (κ2) is 5.40. The molecule has 2 rings (SSSR count). The zero-order chi connectivity index (χ0) is 13.5. The highest BCUT2D eigenvalue weighted by Gasteiger charge is 2.32. The summed E-state index contributed by atoms with van der Waals surface area (Å²) in [4.78, 5) is 1.22. The number of rotatable bonds is 4. The van der Waals surface area contributed by atoms with E-state index < -0.39 is 10.0 Å². The fourth-order valence-corrected chi connectivity index (χ4v) is 6.25. The van der Waals surface area contributed by atoms with Crippen molar-refractivity contribution < 1.29 is 8.42 Å². The van der Waals surface area contributed by atoms with Gasteiger partial charge in [-0.25, -0.2) is 12.7 Å². The van der Waals surface area contributed by atoms with Crippen LogP contribution in [0.5, 0.6) is 0 Å². The molecular weight excluding hydrogens is 358 g/mol. The van der Waals surface area contributed by atoms with Gasteiger partial charge in [0, 0.05) is 23.8 Å². The Labute approximate surface area is 125 Å². The lowest BCUT2D eigenvalue weighted by Gasteiger charge is -2.33. The van der Waals surface area contributed by atoms with Gasteiger partial charge >= 0.3 is 0 Å². The molecule has 1 aliphatic rings. The highest BCUT2D eigenvalue weighted by Crippen LogP contribution is 2.35. The van der Waals surface area contributed by atoms with Gasteiger partial charge in [-0.1, -0.05) is 0 Å². The van der Waals surface area contributed by atoms with Gasteiger partial charge in [0.2, 0.25) is 10.0 Å². The number of hydrogen-bond acceptors (Lipinski definition) is 3. The first-order chi connectivity index (χ1) is 8.30. The first-order valence-electron chi connectivity index (χ1n) is 5.67. The number of alkyl halides is 1. The summed E-state index contributed by atoms with van der Waals surface area (Å²) in [5, 5.41) is 0.225. The molecule has 1 aliphatic carbocycles. The van der Waals surface area contributed by atoms with Crippen LogP contribution in [0.1, 0.15) is 17.7 Å². The van der Waals surface area contributed by atoms with E-state index in [0.29, 0.717) is 17.4 Å². The van der Waals surface area contributed by atoms with Crippen LogP contribution in [0, 0.1) is 12.8 Å². The minimum Gasteiger partial charge on any atom is -0.207 e. The van der Waals surface area contributed by atoms with Crippen LogP contribution in [0.4, 0.5) is 0 Å². The summed E-state index contributed by atoms with van der Waals surface area (Å²) in [5.41, 5.74) is 0. The highest BCUT2D eigenvalue weighted by molar-refractivity contribution is 9.11. The first kappa shape index (κ1) is 14.8. The highest BCUT2D eigenvalue weighted by atomic mass is 79.9. The number of thiophene rings is 1. The van der Waals surface area contributed by atoms with Crippen LogP contribution in [-0.4, -0.2) is 31.7 Å². The zero-order valence-corrected chi connectivity index (χ0v) is 14.2. The lowest BCUT2D eigenvalue weighted by atomic mass is 9.85. The van der Waals surface area contributed by atoms with Crippen LogP contribution in [0.2, 0.25) is 0 Å². The smallest absolute Gasteiger partial charge is 0.207 e. The maximum absolute atomic E-state index is 12.4. The molecule has 0 atom stereocenters. The summed E-state index contributed by atoms with van der Waals surface area (Å²) in [6, 6.07) is 1.68. The van der Waals surface area contributed by atoms with Gasteiger partial charge < -0.3 is 0 Å². The maximum atomic E-state index is 12.4. The van der Waals surface area contributed by atoms with Crippen molar-refractivity contribution in [3.05, 3.63) is 14.7 Å².